The molecule has 1 fully saturated rings. The van der Waals surface area contributed by atoms with Gasteiger partial charge >= 0.3 is 5.97 Å². The number of aliphatic carboxylic acids is 1. The Hall–Kier alpha value is -1.33. The summed E-state index contributed by atoms with van der Waals surface area (Å²) >= 11 is 6.01. The highest BCUT2D eigenvalue weighted by Gasteiger charge is 2.39. The Bertz CT molecular complexity index is 430. The average molecular weight is 257 g/mol. The van der Waals surface area contributed by atoms with Gasteiger partial charge in [0.2, 0.25) is 0 Å². The van der Waals surface area contributed by atoms with Crippen LogP contribution in [0.5, 0.6) is 0 Å². The zero-order valence-corrected chi connectivity index (χ0v) is 9.89. The summed E-state index contributed by atoms with van der Waals surface area (Å²) in [4.78, 5) is 16.9. The Balaban J connectivity index is 2.10. The Morgan fingerprint density at radius 1 is 1.47 bits per heavy atom. The van der Waals surface area contributed by atoms with Crippen LogP contribution in [-0.2, 0) is 4.79 Å². The van der Waals surface area contributed by atoms with E-state index in [0.717, 1.165) is 0 Å². The fourth-order valence-electron chi connectivity index (χ4n) is 1.91. The second-order valence-corrected chi connectivity index (χ2v) is 4.54. The minimum atomic E-state index is -1.61. The number of aromatic nitrogens is 1. The first-order valence-corrected chi connectivity index (χ1v) is 5.72. The molecule has 2 N–H and O–H groups in total. The zero-order chi connectivity index (χ0) is 12.5. The molecule has 0 aliphatic carbocycles. The van der Waals surface area contributed by atoms with Gasteiger partial charge in [0.15, 0.2) is 5.60 Å². The number of carboxylic acid groups (broad SMARTS) is 1. The number of hydrogen-bond donors (Lipinski definition) is 2. The van der Waals surface area contributed by atoms with E-state index in [1.165, 1.54) is 0 Å². The maximum Gasteiger partial charge on any atom is 0.335 e. The van der Waals surface area contributed by atoms with Crippen LogP contribution in [0.15, 0.2) is 18.3 Å². The molecule has 1 aromatic heterocycles. The van der Waals surface area contributed by atoms with Crippen molar-refractivity contribution in [2.24, 2.45) is 0 Å². The average Bonchev–Trinajstić information content (AvgIpc) is 2.31. The highest BCUT2D eigenvalue weighted by Crippen LogP contribution is 2.29. The Labute approximate surface area is 104 Å². The van der Waals surface area contributed by atoms with Gasteiger partial charge in [0, 0.05) is 32.1 Å². The molecule has 1 aliphatic heterocycles. The standard InChI is InChI=1S/C11H13ClN2O3/c12-8-2-1-5-13-9(8)14-6-3-11(17,4-7-14)10(15)16/h1-2,5,17H,3-4,6-7H2,(H,15,16). The predicted molar refractivity (Wildman–Crippen MR) is 63.3 cm³/mol. The number of carboxylic acids is 1. The second kappa shape index (κ2) is 4.50. The zero-order valence-electron chi connectivity index (χ0n) is 9.14. The predicted octanol–water partition coefficient (Wildman–Crippen LogP) is 1.15. The highest BCUT2D eigenvalue weighted by atomic mass is 35.5. The minimum absolute atomic E-state index is 0.176. The first-order chi connectivity index (χ1) is 8.03. The number of carbonyl (C=O) groups is 1. The largest absolute Gasteiger partial charge is 0.479 e. The van der Waals surface area contributed by atoms with Crippen molar-refractivity contribution in [1.82, 2.24) is 4.98 Å². The molecule has 0 bridgehead atoms. The van der Waals surface area contributed by atoms with Crippen molar-refractivity contribution in [3.05, 3.63) is 23.4 Å². The molecule has 0 spiro atoms. The third-order valence-corrected chi connectivity index (χ3v) is 3.32. The van der Waals surface area contributed by atoms with E-state index in [1.54, 1.807) is 18.3 Å². The Kier molecular flexibility index (Phi) is 3.22. The number of aliphatic hydroxyl groups is 1. The van der Waals surface area contributed by atoms with Gasteiger partial charge in [0.1, 0.15) is 5.82 Å². The molecule has 0 atom stereocenters. The van der Waals surface area contributed by atoms with Crippen LogP contribution in [0.2, 0.25) is 5.02 Å². The molecule has 0 saturated carbocycles. The van der Waals surface area contributed by atoms with E-state index in [2.05, 4.69) is 4.98 Å². The van der Waals surface area contributed by atoms with Crippen LogP contribution in [0.3, 0.4) is 0 Å². The van der Waals surface area contributed by atoms with Gasteiger partial charge in [-0.2, -0.15) is 0 Å². The van der Waals surface area contributed by atoms with Gasteiger partial charge in [0.05, 0.1) is 5.02 Å². The second-order valence-electron chi connectivity index (χ2n) is 4.13. The number of anilines is 1. The van der Waals surface area contributed by atoms with Gasteiger partial charge in [-0.25, -0.2) is 9.78 Å². The van der Waals surface area contributed by atoms with Crippen LogP contribution in [0.25, 0.3) is 0 Å². The summed E-state index contributed by atoms with van der Waals surface area (Å²) in [5.74, 6) is -0.522. The third kappa shape index (κ3) is 2.35. The lowest BCUT2D eigenvalue weighted by atomic mass is 9.92. The SMILES string of the molecule is O=C(O)C1(O)CCN(c2ncccc2Cl)CC1. The molecule has 92 valence electrons. The molecule has 1 aliphatic rings. The smallest absolute Gasteiger partial charge is 0.335 e. The molecule has 0 radical (unpaired) electrons. The van der Waals surface area contributed by atoms with E-state index in [4.69, 9.17) is 16.7 Å². The molecule has 2 rings (SSSR count). The van der Waals surface area contributed by atoms with E-state index < -0.39 is 11.6 Å². The molecule has 6 heteroatoms. The van der Waals surface area contributed by atoms with Gasteiger partial charge in [-0.05, 0) is 12.1 Å². The molecule has 5 nitrogen and oxygen atoms in total. The molecule has 1 aromatic rings. The number of hydrogen-bond acceptors (Lipinski definition) is 4. The van der Waals surface area contributed by atoms with Gasteiger partial charge in [-0.3, -0.25) is 0 Å². The lowest BCUT2D eigenvalue weighted by Crippen LogP contribution is -2.49. The Morgan fingerprint density at radius 3 is 2.65 bits per heavy atom. The van der Waals surface area contributed by atoms with Crippen LogP contribution in [-0.4, -0.2) is 39.9 Å². The molecule has 1 saturated heterocycles. The van der Waals surface area contributed by atoms with Crippen molar-refractivity contribution < 1.29 is 15.0 Å². The summed E-state index contributed by atoms with van der Waals surface area (Å²) in [5, 5.41) is 19.2. The third-order valence-electron chi connectivity index (χ3n) is 3.03. The summed E-state index contributed by atoms with van der Waals surface area (Å²) in [7, 11) is 0. The van der Waals surface area contributed by atoms with E-state index in [0.29, 0.717) is 23.9 Å². The van der Waals surface area contributed by atoms with Crippen molar-refractivity contribution in [2.75, 3.05) is 18.0 Å². The fourth-order valence-corrected chi connectivity index (χ4v) is 2.15. The van der Waals surface area contributed by atoms with Gasteiger partial charge in [-0.1, -0.05) is 11.6 Å². The molecular formula is C11H13ClN2O3. The van der Waals surface area contributed by atoms with Gasteiger partial charge < -0.3 is 15.1 Å². The van der Waals surface area contributed by atoms with Crippen LogP contribution in [0.1, 0.15) is 12.8 Å². The number of nitrogens with zero attached hydrogens (tertiary/aromatic N) is 2. The molecule has 0 amide bonds. The van der Waals surface area contributed by atoms with Crippen molar-refractivity contribution in [3.63, 3.8) is 0 Å². The van der Waals surface area contributed by atoms with Gasteiger partial charge in [0.25, 0.3) is 0 Å². The molecule has 17 heavy (non-hydrogen) atoms. The van der Waals surface area contributed by atoms with E-state index in [-0.39, 0.29) is 12.8 Å². The van der Waals surface area contributed by atoms with Crippen LogP contribution in [0.4, 0.5) is 5.82 Å². The van der Waals surface area contributed by atoms with Crippen molar-refractivity contribution in [2.45, 2.75) is 18.4 Å². The highest BCUT2D eigenvalue weighted by molar-refractivity contribution is 6.32. The lowest BCUT2D eigenvalue weighted by molar-refractivity contribution is -0.160. The molecule has 2 heterocycles. The topological polar surface area (TPSA) is 73.7 Å². The molecular weight excluding hydrogens is 244 g/mol. The van der Waals surface area contributed by atoms with E-state index >= 15 is 0 Å². The van der Waals surface area contributed by atoms with E-state index in [1.807, 2.05) is 4.90 Å². The molecule has 0 aromatic carbocycles. The number of piperidine rings is 1. The summed E-state index contributed by atoms with van der Waals surface area (Å²) in [6, 6.07) is 3.48. The monoisotopic (exact) mass is 256 g/mol. The summed E-state index contributed by atoms with van der Waals surface area (Å²) in [5.41, 5.74) is -1.61. The molecule has 0 unspecified atom stereocenters. The van der Waals surface area contributed by atoms with Crippen molar-refractivity contribution in [1.29, 1.82) is 0 Å². The summed E-state index contributed by atoms with van der Waals surface area (Å²) in [6.45, 7) is 0.860. The minimum Gasteiger partial charge on any atom is -0.479 e. The van der Waals surface area contributed by atoms with Crippen LogP contribution >= 0.6 is 11.6 Å². The maximum atomic E-state index is 10.9. The number of pyridine rings is 1. The lowest BCUT2D eigenvalue weighted by Gasteiger charge is -2.36. The summed E-state index contributed by atoms with van der Waals surface area (Å²) in [6.07, 6.45) is 1.99. The first-order valence-electron chi connectivity index (χ1n) is 5.34. The van der Waals surface area contributed by atoms with Crippen LogP contribution in [0, 0.1) is 0 Å². The quantitative estimate of drug-likeness (QED) is 0.830. The summed E-state index contributed by atoms with van der Waals surface area (Å²) < 4.78 is 0. The van der Waals surface area contributed by atoms with Crippen molar-refractivity contribution >= 4 is 23.4 Å². The van der Waals surface area contributed by atoms with Crippen LogP contribution < -0.4 is 4.90 Å². The van der Waals surface area contributed by atoms with E-state index in [9.17, 15) is 9.90 Å². The Morgan fingerprint density at radius 2 is 2.12 bits per heavy atom. The number of halogens is 1. The fraction of sp³-hybridized carbons (Fsp3) is 0.455. The normalized spacial score (nSPS) is 19.1. The van der Waals surface area contributed by atoms with Crippen molar-refractivity contribution in [3.8, 4) is 0 Å². The van der Waals surface area contributed by atoms with Gasteiger partial charge in [-0.15, -0.1) is 0 Å². The maximum absolute atomic E-state index is 10.9. The first kappa shape index (κ1) is 12.1. The number of rotatable bonds is 2.